The van der Waals surface area contributed by atoms with Crippen molar-refractivity contribution in [3.05, 3.63) is 78.1 Å². The Labute approximate surface area is 210 Å². The van der Waals surface area contributed by atoms with Crippen LogP contribution in [0.3, 0.4) is 0 Å². The van der Waals surface area contributed by atoms with Crippen molar-refractivity contribution in [1.82, 2.24) is 5.32 Å². The van der Waals surface area contributed by atoms with Crippen molar-refractivity contribution in [2.75, 3.05) is 17.3 Å². The lowest BCUT2D eigenvalue weighted by molar-refractivity contribution is -0.120. The molecular weight excluding hydrogens is 461 g/mol. The summed E-state index contributed by atoms with van der Waals surface area (Å²) >= 11 is 0. The summed E-state index contributed by atoms with van der Waals surface area (Å²) in [5, 5.41) is 6.44. The van der Waals surface area contributed by atoms with Gasteiger partial charge in [0.05, 0.1) is 19.3 Å². The molecular formula is C28H30FN3O4. The van der Waals surface area contributed by atoms with Crippen molar-refractivity contribution in [3.63, 3.8) is 0 Å². The van der Waals surface area contributed by atoms with E-state index >= 15 is 0 Å². The molecule has 3 aromatic carbocycles. The van der Waals surface area contributed by atoms with Gasteiger partial charge in [-0.3, -0.25) is 9.59 Å². The van der Waals surface area contributed by atoms with Gasteiger partial charge in [0.1, 0.15) is 17.3 Å². The molecule has 8 heteroatoms. The Hall–Kier alpha value is -4.07. The lowest BCUT2D eigenvalue weighted by Crippen LogP contribution is -2.49. The highest BCUT2D eigenvalue weighted by molar-refractivity contribution is 5.93. The molecule has 1 fully saturated rings. The first-order chi connectivity index (χ1) is 17.3. The quantitative estimate of drug-likeness (QED) is 0.427. The highest BCUT2D eigenvalue weighted by atomic mass is 19.1. The number of anilines is 2. The molecule has 4 rings (SSSR count). The Kier molecular flexibility index (Phi) is 7.73. The van der Waals surface area contributed by atoms with E-state index in [1.165, 1.54) is 36.9 Å². The van der Waals surface area contributed by atoms with E-state index in [0.29, 0.717) is 22.9 Å². The fourth-order valence-electron chi connectivity index (χ4n) is 4.27. The minimum Gasteiger partial charge on any atom is -0.497 e. The minimum absolute atomic E-state index is 0.0377. The van der Waals surface area contributed by atoms with Crippen LogP contribution in [-0.4, -0.2) is 31.0 Å². The summed E-state index contributed by atoms with van der Waals surface area (Å²) in [7, 11) is 1.58. The van der Waals surface area contributed by atoms with Crippen LogP contribution in [0.25, 0.3) is 0 Å². The van der Waals surface area contributed by atoms with E-state index in [-0.39, 0.29) is 30.4 Å². The second kappa shape index (κ2) is 11.1. The van der Waals surface area contributed by atoms with Crippen LogP contribution >= 0.6 is 0 Å². The number of carbonyl (C=O) groups is 2. The number of para-hydroxylation sites is 1. The van der Waals surface area contributed by atoms with Gasteiger partial charge in [0.2, 0.25) is 11.8 Å². The Morgan fingerprint density at radius 2 is 1.72 bits per heavy atom. The Balaban J connectivity index is 1.61. The number of carbonyl (C=O) groups excluding carboxylic acids is 2. The number of nitrogens with zero attached hydrogens (tertiary/aromatic N) is 1. The maximum Gasteiger partial charge on any atom is 0.224 e. The summed E-state index contributed by atoms with van der Waals surface area (Å²) in [6, 6.07) is 19.2. The second-order valence-electron chi connectivity index (χ2n) is 8.87. The van der Waals surface area contributed by atoms with Gasteiger partial charge in [0, 0.05) is 37.7 Å². The number of hydrogen-bond donors (Lipinski definition) is 2. The van der Waals surface area contributed by atoms with Crippen molar-refractivity contribution in [3.8, 4) is 17.2 Å². The van der Waals surface area contributed by atoms with Gasteiger partial charge in [0.25, 0.3) is 0 Å². The second-order valence-corrected chi connectivity index (χ2v) is 8.87. The van der Waals surface area contributed by atoms with Crippen LogP contribution in [0.15, 0.2) is 66.7 Å². The molecule has 188 valence electrons. The fraction of sp³-hybridized carbons (Fsp3) is 0.286. The van der Waals surface area contributed by atoms with Crippen LogP contribution in [-0.2, 0) is 16.1 Å². The number of amides is 2. The molecule has 3 aromatic rings. The number of rotatable bonds is 9. The van der Waals surface area contributed by atoms with Gasteiger partial charge in [-0.05, 0) is 60.9 Å². The molecule has 2 amide bonds. The lowest BCUT2D eigenvalue weighted by Gasteiger charge is -2.37. The highest BCUT2D eigenvalue weighted by Gasteiger charge is 2.30. The zero-order chi connectivity index (χ0) is 25.7. The standard InChI is InChI=1S/C28H30FN3O4/c1-18(33)30-22-15-23(16-22)31-26-11-10-25(35-3)13-20(26)17-32(19(2)34)27-14-21(29)9-12-28(27)36-24-7-5-4-6-8-24/h4-14,22-23,31H,15-17H2,1-3H3,(H,30,33). The first-order valence-electron chi connectivity index (χ1n) is 11.8. The van der Waals surface area contributed by atoms with Gasteiger partial charge in [-0.2, -0.15) is 0 Å². The number of ether oxygens (including phenoxy) is 2. The van der Waals surface area contributed by atoms with Crippen molar-refractivity contribution in [1.29, 1.82) is 0 Å². The molecule has 0 spiro atoms. The molecule has 2 N–H and O–H groups in total. The number of benzene rings is 3. The summed E-state index contributed by atoms with van der Waals surface area (Å²) in [6.45, 7) is 3.13. The monoisotopic (exact) mass is 491 g/mol. The van der Waals surface area contributed by atoms with E-state index in [1.807, 2.05) is 36.4 Å². The van der Waals surface area contributed by atoms with Gasteiger partial charge in [0.15, 0.2) is 5.75 Å². The number of halogens is 1. The third-order valence-corrected chi connectivity index (χ3v) is 6.11. The number of nitrogens with one attached hydrogen (secondary N) is 2. The SMILES string of the molecule is COc1ccc(NC2CC(NC(C)=O)C2)c(CN(C(C)=O)c2cc(F)ccc2Oc2ccccc2)c1. The maximum absolute atomic E-state index is 14.3. The lowest BCUT2D eigenvalue weighted by atomic mass is 9.86. The van der Waals surface area contributed by atoms with Gasteiger partial charge < -0.3 is 25.0 Å². The third-order valence-electron chi connectivity index (χ3n) is 6.11. The molecule has 0 saturated heterocycles. The van der Waals surface area contributed by atoms with Crippen LogP contribution in [0.2, 0.25) is 0 Å². The van der Waals surface area contributed by atoms with E-state index in [2.05, 4.69) is 10.6 Å². The molecule has 0 heterocycles. The average molecular weight is 492 g/mol. The highest BCUT2D eigenvalue weighted by Crippen LogP contribution is 2.36. The zero-order valence-electron chi connectivity index (χ0n) is 20.6. The van der Waals surface area contributed by atoms with Crippen LogP contribution in [0.4, 0.5) is 15.8 Å². The molecule has 1 saturated carbocycles. The largest absolute Gasteiger partial charge is 0.497 e. The van der Waals surface area contributed by atoms with Gasteiger partial charge in [-0.1, -0.05) is 18.2 Å². The first-order valence-corrected chi connectivity index (χ1v) is 11.8. The third kappa shape index (κ3) is 6.13. The minimum atomic E-state index is -0.473. The summed E-state index contributed by atoms with van der Waals surface area (Å²) < 4.78 is 25.8. The van der Waals surface area contributed by atoms with Crippen LogP contribution in [0.1, 0.15) is 32.3 Å². The molecule has 1 aliphatic rings. The molecule has 36 heavy (non-hydrogen) atoms. The van der Waals surface area contributed by atoms with Gasteiger partial charge in [-0.15, -0.1) is 0 Å². The maximum atomic E-state index is 14.3. The summed E-state index contributed by atoms with van der Waals surface area (Å²) in [4.78, 5) is 25.6. The predicted molar refractivity (Wildman–Crippen MR) is 137 cm³/mol. The van der Waals surface area contributed by atoms with Crippen LogP contribution in [0, 0.1) is 5.82 Å². The summed E-state index contributed by atoms with van der Waals surface area (Å²) in [6.07, 6.45) is 1.61. The molecule has 0 unspecified atom stereocenters. The Bertz CT molecular complexity index is 1230. The van der Waals surface area contributed by atoms with E-state index in [4.69, 9.17) is 9.47 Å². The normalized spacial score (nSPS) is 16.4. The van der Waals surface area contributed by atoms with Crippen molar-refractivity contribution in [2.45, 2.75) is 45.3 Å². The van der Waals surface area contributed by atoms with Crippen LogP contribution in [0.5, 0.6) is 17.2 Å². The molecule has 0 aromatic heterocycles. The molecule has 1 aliphatic carbocycles. The molecule has 0 atom stereocenters. The van der Waals surface area contributed by atoms with Crippen molar-refractivity contribution < 1.29 is 23.5 Å². The number of methoxy groups -OCH3 is 1. The molecule has 7 nitrogen and oxygen atoms in total. The van der Waals surface area contributed by atoms with E-state index in [1.54, 1.807) is 19.2 Å². The zero-order valence-corrected chi connectivity index (χ0v) is 20.6. The van der Waals surface area contributed by atoms with Crippen molar-refractivity contribution in [2.24, 2.45) is 0 Å². The predicted octanol–water partition coefficient (Wildman–Crippen LogP) is 5.26. The Morgan fingerprint density at radius 1 is 0.972 bits per heavy atom. The van der Waals surface area contributed by atoms with Gasteiger partial charge >= 0.3 is 0 Å². The van der Waals surface area contributed by atoms with E-state index < -0.39 is 5.82 Å². The fourth-order valence-corrected chi connectivity index (χ4v) is 4.27. The van der Waals surface area contributed by atoms with Crippen molar-refractivity contribution >= 4 is 23.2 Å². The van der Waals surface area contributed by atoms with E-state index in [0.717, 1.165) is 24.1 Å². The van der Waals surface area contributed by atoms with E-state index in [9.17, 15) is 14.0 Å². The first kappa shape index (κ1) is 25.0. The molecule has 0 aliphatic heterocycles. The average Bonchev–Trinajstić information content (AvgIpc) is 2.83. The smallest absolute Gasteiger partial charge is 0.224 e. The summed E-state index contributed by atoms with van der Waals surface area (Å²) in [5.41, 5.74) is 1.98. The molecule has 0 radical (unpaired) electrons. The summed E-state index contributed by atoms with van der Waals surface area (Å²) in [5.74, 6) is 0.817. The number of hydrogen-bond acceptors (Lipinski definition) is 5. The Morgan fingerprint density at radius 3 is 2.39 bits per heavy atom. The topological polar surface area (TPSA) is 79.9 Å². The van der Waals surface area contributed by atoms with Crippen LogP contribution < -0.4 is 25.0 Å². The molecule has 0 bridgehead atoms. The van der Waals surface area contributed by atoms with Gasteiger partial charge in [-0.25, -0.2) is 4.39 Å².